The summed E-state index contributed by atoms with van der Waals surface area (Å²) in [5, 5.41) is 15.9. The number of amides is 4. The second kappa shape index (κ2) is 16.9. The molecular formula is C36H43N7O5. The van der Waals surface area contributed by atoms with E-state index in [2.05, 4.69) is 50.8 Å². The number of unbranched alkanes of at least 4 members (excludes halogenated alkanes) is 1. The van der Waals surface area contributed by atoms with Gasteiger partial charge in [-0.05, 0) is 56.8 Å². The first-order valence-corrected chi connectivity index (χ1v) is 16.1. The monoisotopic (exact) mass is 653 g/mol. The molecule has 3 heterocycles. The number of terminal acetylenes is 1. The van der Waals surface area contributed by atoms with Gasteiger partial charge >= 0.3 is 0 Å². The molecule has 0 saturated heterocycles. The first-order chi connectivity index (χ1) is 23.1. The highest BCUT2D eigenvalue weighted by molar-refractivity contribution is 5.98. The molecule has 0 bridgehead atoms. The largest absolute Gasteiger partial charge is 0.486 e. The molecule has 252 valence electrons. The summed E-state index contributed by atoms with van der Waals surface area (Å²) in [6.07, 6.45) is 16.9. The predicted molar refractivity (Wildman–Crippen MR) is 182 cm³/mol. The average Bonchev–Trinajstić information content (AvgIpc) is 3.56. The van der Waals surface area contributed by atoms with E-state index >= 15 is 0 Å². The zero-order valence-corrected chi connectivity index (χ0v) is 27.8. The van der Waals surface area contributed by atoms with Crippen LogP contribution in [0, 0.1) is 12.3 Å². The summed E-state index contributed by atoms with van der Waals surface area (Å²) < 4.78 is 6.74. The Bertz CT molecular complexity index is 1750. The highest BCUT2D eigenvalue weighted by Crippen LogP contribution is 2.32. The Hall–Kier alpha value is -5.44. The van der Waals surface area contributed by atoms with Crippen molar-refractivity contribution < 1.29 is 23.9 Å². The van der Waals surface area contributed by atoms with E-state index < -0.39 is 11.8 Å². The van der Waals surface area contributed by atoms with Crippen LogP contribution in [0.15, 0.2) is 76.9 Å². The Morgan fingerprint density at radius 1 is 1.27 bits per heavy atom. The third-order valence-corrected chi connectivity index (χ3v) is 8.21. The van der Waals surface area contributed by atoms with Crippen LogP contribution in [-0.2, 0) is 14.3 Å². The van der Waals surface area contributed by atoms with Crippen molar-refractivity contribution in [1.82, 2.24) is 35.9 Å². The molecule has 1 saturated carbocycles. The molecule has 12 nitrogen and oxygen atoms in total. The van der Waals surface area contributed by atoms with E-state index in [4.69, 9.17) is 11.2 Å². The number of carbonyl (C=O) groups is 4. The number of aromatic nitrogens is 3. The lowest BCUT2D eigenvalue weighted by molar-refractivity contribution is -0.125. The molecule has 1 unspecified atom stereocenters. The molecule has 12 heteroatoms. The van der Waals surface area contributed by atoms with Gasteiger partial charge in [0.15, 0.2) is 12.3 Å². The minimum atomic E-state index is -0.508. The molecule has 4 N–H and O–H groups in total. The van der Waals surface area contributed by atoms with Crippen molar-refractivity contribution in [2.45, 2.75) is 71.8 Å². The van der Waals surface area contributed by atoms with Crippen molar-refractivity contribution >= 4 is 29.3 Å². The number of hydrogen-bond acceptors (Lipinski definition) is 7. The van der Waals surface area contributed by atoms with E-state index in [1.54, 1.807) is 25.1 Å². The van der Waals surface area contributed by atoms with Gasteiger partial charge in [0, 0.05) is 38.1 Å². The summed E-state index contributed by atoms with van der Waals surface area (Å²) in [6.45, 7) is 10.3. The average molecular weight is 654 g/mol. The minimum absolute atomic E-state index is 0.00958. The second-order valence-electron chi connectivity index (χ2n) is 11.7. The molecular weight excluding hydrogens is 610 g/mol. The zero-order chi connectivity index (χ0) is 34.6. The standard InChI is InChI=1S/C36H43N7O5/c1-6-9-11-27-19-26(23(4)17-33(44)37-15-10-7-2)12-13-28(27)42-36(47)31-20-30(40-32-14-16-39-43(31)32)35(46)38-21-25(8-3)18-29-24(5)48-22-34(45)41-29/h1,8,11,14,16,18,20,28H,3,7,9-10,12-13,15,17,19,21-22H2,2,4-5H3,(H,37,44)(H,38,46)(H,41,45)(H,42,47)/b25-18+,26-23-,27-11+. The van der Waals surface area contributed by atoms with E-state index in [-0.39, 0.29) is 42.4 Å². The lowest BCUT2D eigenvalue weighted by Crippen LogP contribution is -2.39. The third-order valence-electron chi connectivity index (χ3n) is 8.21. The van der Waals surface area contributed by atoms with Crippen molar-refractivity contribution in [3.8, 4) is 12.3 Å². The Morgan fingerprint density at radius 3 is 2.83 bits per heavy atom. The van der Waals surface area contributed by atoms with Crippen LogP contribution >= 0.6 is 0 Å². The fourth-order valence-electron chi connectivity index (χ4n) is 5.46. The van der Waals surface area contributed by atoms with Crippen molar-refractivity contribution in [1.29, 1.82) is 0 Å². The number of allylic oxidation sites excluding steroid dienone is 4. The number of hydrogen-bond donors (Lipinski definition) is 4. The van der Waals surface area contributed by atoms with E-state index in [1.807, 2.05) is 13.0 Å². The van der Waals surface area contributed by atoms with Crippen molar-refractivity contribution in [2.75, 3.05) is 19.7 Å². The smallest absolute Gasteiger partial charge is 0.270 e. The van der Waals surface area contributed by atoms with Gasteiger partial charge in [-0.3, -0.25) is 19.2 Å². The van der Waals surface area contributed by atoms with Crippen molar-refractivity contribution in [3.05, 3.63) is 88.3 Å². The first-order valence-electron chi connectivity index (χ1n) is 16.1. The predicted octanol–water partition coefficient (Wildman–Crippen LogP) is 3.80. The number of fused-ring (bicyclic) bond motifs is 1. The van der Waals surface area contributed by atoms with Gasteiger partial charge < -0.3 is 26.0 Å². The van der Waals surface area contributed by atoms with Crippen LogP contribution in [0.1, 0.15) is 86.7 Å². The third kappa shape index (κ3) is 9.31. The molecule has 1 fully saturated rings. The number of nitrogens with one attached hydrogen (secondary N) is 4. The quantitative estimate of drug-likeness (QED) is 0.111. The van der Waals surface area contributed by atoms with Gasteiger partial charge in [-0.1, -0.05) is 43.2 Å². The summed E-state index contributed by atoms with van der Waals surface area (Å²) in [4.78, 5) is 55.6. The fraction of sp³-hybridized carbons (Fsp3) is 0.389. The summed E-state index contributed by atoms with van der Waals surface area (Å²) in [7, 11) is 0. The molecule has 1 atom stereocenters. The van der Waals surface area contributed by atoms with E-state index in [9.17, 15) is 19.2 Å². The normalized spacial score (nSPS) is 18.5. The highest BCUT2D eigenvalue weighted by atomic mass is 16.5. The Kier molecular flexibility index (Phi) is 12.5. The first kappa shape index (κ1) is 35.4. The summed E-state index contributed by atoms with van der Waals surface area (Å²) in [5.74, 6) is 2.00. The summed E-state index contributed by atoms with van der Waals surface area (Å²) in [6, 6.07) is 2.73. The molecule has 1 aliphatic carbocycles. The molecule has 48 heavy (non-hydrogen) atoms. The van der Waals surface area contributed by atoms with Crippen LogP contribution in [0.3, 0.4) is 0 Å². The van der Waals surface area contributed by atoms with Gasteiger partial charge in [0.2, 0.25) is 5.91 Å². The van der Waals surface area contributed by atoms with Gasteiger partial charge in [-0.2, -0.15) is 5.10 Å². The van der Waals surface area contributed by atoms with Crippen molar-refractivity contribution in [2.24, 2.45) is 0 Å². The maximum atomic E-state index is 13.8. The minimum Gasteiger partial charge on any atom is -0.486 e. The number of ether oxygens (including phenoxy) is 1. The van der Waals surface area contributed by atoms with Gasteiger partial charge in [0.1, 0.15) is 17.1 Å². The molecule has 2 aromatic rings. The zero-order valence-electron chi connectivity index (χ0n) is 27.8. The van der Waals surface area contributed by atoms with Crippen LogP contribution in [0.5, 0.6) is 0 Å². The summed E-state index contributed by atoms with van der Waals surface area (Å²) in [5.41, 5.74) is 4.80. The lowest BCUT2D eigenvalue weighted by atomic mass is 9.83. The van der Waals surface area contributed by atoms with Crippen LogP contribution in [0.4, 0.5) is 0 Å². The maximum Gasteiger partial charge on any atom is 0.270 e. The fourth-order valence-corrected chi connectivity index (χ4v) is 5.46. The lowest BCUT2D eigenvalue weighted by Gasteiger charge is -2.29. The van der Waals surface area contributed by atoms with Crippen LogP contribution in [0.25, 0.3) is 5.65 Å². The number of nitrogens with zero attached hydrogens (tertiary/aromatic N) is 3. The topological polar surface area (TPSA) is 156 Å². The second-order valence-corrected chi connectivity index (χ2v) is 11.7. The van der Waals surface area contributed by atoms with Crippen molar-refractivity contribution in [3.63, 3.8) is 0 Å². The molecule has 0 spiro atoms. The Balaban J connectivity index is 1.49. The van der Waals surface area contributed by atoms with E-state index in [0.717, 1.165) is 30.4 Å². The van der Waals surface area contributed by atoms with Crippen LogP contribution in [-0.4, -0.2) is 64.0 Å². The van der Waals surface area contributed by atoms with Gasteiger partial charge in [0.05, 0.1) is 17.9 Å². The molecule has 0 radical (unpaired) electrons. The molecule has 0 aromatic carbocycles. The highest BCUT2D eigenvalue weighted by Gasteiger charge is 2.27. The number of carbonyl (C=O) groups excluding carboxylic acids is 4. The Labute approximate surface area is 280 Å². The van der Waals surface area contributed by atoms with Crippen LogP contribution in [0.2, 0.25) is 0 Å². The maximum absolute atomic E-state index is 13.8. The van der Waals surface area contributed by atoms with E-state index in [0.29, 0.717) is 54.9 Å². The SMILES string of the molecule is C#CC/C=C1\C/C(=C(/C)CC(=O)NCCCC)CCC1NC(=O)c1cc(C(=O)NC/C(C=C)=C/C2=C(C)OCC(=O)N2)nc2ccnn12. The summed E-state index contributed by atoms with van der Waals surface area (Å²) >= 11 is 0. The molecule has 4 rings (SSSR count). The molecule has 4 amide bonds. The number of rotatable bonds is 13. The van der Waals surface area contributed by atoms with E-state index in [1.165, 1.54) is 22.4 Å². The van der Waals surface area contributed by atoms with Crippen LogP contribution < -0.4 is 21.3 Å². The van der Waals surface area contributed by atoms with Gasteiger partial charge in [-0.15, -0.1) is 12.3 Å². The van der Waals surface area contributed by atoms with Gasteiger partial charge in [-0.25, -0.2) is 9.50 Å². The molecule has 2 aromatic heterocycles. The molecule has 2 aliphatic rings. The molecule has 1 aliphatic heterocycles. The Morgan fingerprint density at radius 2 is 2.08 bits per heavy atom. The van der Waals surface area contributed by atoms with Gasteiger partial charge in [0.25, 0.3) is 17.7 Å².